The molecule has 3 amide bonds. The Balaban J connectivity index is -0.0000000434. The van der Waals surface area contributed by atoms with Crippen LogP contribution in [-0.2, 0) is 39.4 Å². The van der Waals surface area contributed by atoms with E-state index in [1.807, 2.05) is 33.1 Å². The zero-order chi connectivity index (χ0) is 40.0. The first kappa shape index (κ1) is 79.4. The van der Waals surface area contributed by atoms with E-state index >= 15 is 0 Å². The maximum atomic E-state index is 10.3. The quantitative estimate of drug-likeness (QED) is 0.0729. The van der Waals surface area contributed by atoms with Crippen LogP contribution < -0.4 is 22.1 Å². The summed E-state index contributed by atoms with van der Waals surface area (Å²) in [7, 11) is 0. The van der Waals surface area contributed by atoms with Gasteiger partial charge in [0.2, 0.25) is 35.4 Å². The molecule has 5 N–H and O–H groups in total. The number of nitrogens with one attached hydrogen (secondary N) is 3. The van der Waals surface area contributed by atoms with Crippen molar-refractivity contribution in [2.45, 2.75) is 151 Å². The smallest absolute Gasteiger partial charge is 0.253 e. The highest BCUT2D eigenvalue weighted by Crippen LogP contribution is 1.99. The van der Waals surface area contributed by atoms with E-state index in [-0.39, 0.29) is 94.5 Å². The third-order valence-corrected chi connectivity index (χ3v) is 4.47. The minimum atomic E-state index is -0.424. The Morgan fingerprint density at radius 3 is 0.926 bits per heavy atom. The van der Waals surface area contributed by atoms with Gasteiger partial charge in [-0.25, -0.2) is 5.84 Å². The van der Waals surface area contributed by atoms with Crippen molar-refractivity contribution in [3.05, 3.63) is 23.6 Å². The molecule has 0 fully saturated rings. The molecule has 0 radical (unpaired) electrons. The topological polar surface area (TPSA) is 259 Å². The molecule has 2 heterocycles. The summed E-state index contributed by atoms with van der Waals surface area (Å²) in [6.45, 7) is 21.6. The number of aromatic nitrogens is 4. The fourth-order valence-electron chi connectivity index (χ4n) is 0.978. The number of halogens is 3. The summed E-state index contributed by atoms with van der Waals surface area (Å²) in [5, 5.41) is 14.4. The highest BCUT2D eigenvalue weighted by molar-refractivity contribution is 14.0. The second kappa shape index (κ2) is 58.9. The second-order valence-electron chi connectivity index (χ2n) is 8.97. The molecule has 0 aromatic carbocycles. The average Bonchev–Trinajstić information content (AvgIpc) is 3.67. The lowest BCUT2D eigenvalue weighted by Gasteiger charge is -1.99. The number of rotatable bonds is 6. The highest BCUT2D eigenvalue weighted by Gasteiger charge is 1.97. The Bertz CT molecular complexity index is 1090. The van der Waals surface area contributed by atoms with Crippen molar-refractivity contribution in [1.29, 1.82) is 0 Å². The number of amides is 3. The summed E-state index contributed by atoms with van der Waals surface area (Å²) in [5.74, 6) is 7.04. The average molecular weight is 936 g/mol. The van der Waals surface area contributed by atoms with Crippen molar-refractivity contribution in [3.8, 4) is 0 Å². The SMILES string of the molecule is C.C.C.C.CC(=O)NN.CC(=O)NNC(=O)CCl.CCC(C)=O.CCC(C)=O.CCC(C)=O.CCC(C)=O.Cc1nnc(C)o1.Cc1nnc(CCl)o1.I. The van der Waals surface area contributed by atoms with Gasteiger partial charge < -0.3 is 28.0 Å². The Labute approximate surface area is 352 Å². The lowest BCUT2D eigenvalue weighted by Crippen LogP contribution is -2.40. The molecule has 0 aliphatic rings. The number of hydrogen-bond donors (Lipinski definition) is 4. The van der Waals surface area contributed by atoms with E-state index in [1.165, 1.54) is 13.8 Å². The summed E-state index contributed by atoms with van der Waals surface area (Å²) in [5.41, 5.74) is 6.02. The predicted octanol–water partition coefficient (Wildman–Crippen LogP) is 7.30. The summed E-state index contributed by atoms with van der Waals surface area (Å²) >= 11 is 10.4. The Morgan fingerprint density at radius 2 is 0.815 bits per heavy atom. The largest absolute Gasteiger partial charge is 0.426 e. The van der Waals surface area contributed by atoms with Crippen molar-refractivity contribution in [2.75, 3.05) is 5.88 Å². The maximum absolute atomic E-state index is 10.3. The standard InChI is InChI=1S/C4H7ClN2O2.C4H5ClN2O.C4H6N2O.4C4H8O.C2H6N2O.4CH4.HI/c1-3(8)6-7-4(9)2-5;1-3-6-7-4(2-5)8-3;1-3-5-6-4(2)7-3;4*1-3-4(2)5;1-2(5)4-3;;;;;/h2H2,1H3,(H,6,8)(H,7,9);2H2,1H3;1-2H3;4*3H2,1-2H3;3H2,1H3,(H,4,5);4*1H4;1H. The normalized spacial score (nSPS) is 7.48. The van der Waals surface area contributed by atoms with Crippen LogP contribution in [0.15, 0.2) is 8.83 Å². The van der Waals surface area contributed by atoms with Gasteiger partial charge in [0.05, 0.1) is 0 Å². The van der Waals surface area contributed by atoms with Gasteiger partial charge in [-0.05, 0) is 27.7 Å². The van der Waals surface area contributed by atoms with E-state index in [2.05, 4.69) is 37.1 Å². The number of nitrogens with zero attached hydrogens (tertiary/aromatic N) is 4. The monoisotopic (exact) mass is 934 g/mol. The minimum Gasteiger partial charge on any atom is -0.426 e. The van der Waals surface area contributed by atoms with Crippen molar-refractivity contribution in [1.82, 2.24) is 36.7 Å². The van der Waals surface area contributed by atoms with E-state index in [1.54, 1.807) is 48.5 Å². The van der Waals surface area contributed by atoms with E-state index in [0.29, 0.717) is 55.1 Å². The summed E-state index contributed by atoms with van der Waals surface area (Å²) < 4.78 is 9.74. The predicted molar refractivity (Wildman–Crippen MR) is 229 cm³/mol. The van der Waals surface area contributed by atoms with Crippen LogP contribution in [0.25, 0.3) is 0 Å². The van der Waals surface area contributed by atoms with Gasteiger partial charge in [0, 0.05) is 60.3 Å². The Hall–Kier alpha value is -3.36. The van der Waals surface area contributed by atoms with Gasteiger partial charge in [0.1, 0.15) is 34.9 Å². The highest BCUT2D eigenvalue weighted by atomic mass is 127. The molecule has 0 saturated carbocycles. The van der Waals surface area contributed by atoms with Gasteiger partial charge in [-0.2, -0.15) is 0 Å². The summed E-state index contributed by atoms with van der Waals surface area (Å²) in [6.07, 6.45) is 2.67. The molecule has 0 saturated heterocycles. The van der Waals surface area contributed by atoms with Gasteiger partial charge in [0.15, 0.2) is 0 Å². The molecule has 324 valence electrons. The fourth-order valence-corrected chi connectivity index (χ4v) is 1.15. The molecule has 54 heavy (non-hydrogen) atoms. The molecule has 0 unspecified atom stereocenters. The summed E-state index contributed by atoms with van der Waals surface area (Å²) in [4.78, 5) is 69.2. The number of Topliss-reactive ketones (excluding diaryl/α,β-unsaturated/α-hetero) is 4. The summed E-state index contributed by atoms with van der Waals surface area (Å²) in [6, 6.07) is 0. The zero-order valence-electron chi connectivity index (χ0n) is 31.4. The molecule has 0 atom stereocenters. The van der Waals surface area contributed by atoms with Gasteiger partial charge in [-0.15, -0.1) is 67.6 Å². The fraction of sp³-hybridized carbons (Fsp3) is 0.676. The van der Waals surface area contributed by atoms with Gasteiger partial charge in [-0.1, -0.05) is 57.4 Å². The van der Waals surface area contributed by atoms with E-state index < -0.39 is 5.91 Å². The minimum absolute atomic E-state index is 0. The van der Waals surface area contributed by atoms with Crippen molar-refractivity contribution in [2.24, 2.45) is 5.84 Å². The van der Waals surface area contributed by atoms with Crippen LogP contribution in [0.1, 0.15) is 148 Å². The van der Waals surface area contributed by atoms with Gasteiger partial charge in [0.25, 0.3) is 5.91 Å². The van der Waals surface area contributed by atoms with Crippen LogP contribution in [-0.4, -0.2) is 67.1 Å². The number of carbonyl (C=O) groups is 7. The van der Waals surface area contributed by atoms with Crippen LogP contribution >= 0.6 is 47.2 Å². The molecule has 0 aliphatic heterocycles. The third kappa shape index (κ3) is 97.5. The van der Waals surface area contributed by atoms with Crippen LogP contribution in [0.2, 0.25) is 0 Å². The molecule has 2 rings (SSSR count). The molecular formula is C34H73Cl2IN8O9. The number of nitrogens with two attached hydrogens (primary N) is 1. The number of aryl methyl sites for hydroxylation is 3. The first-order chi connectivity index (χ1) is 22.6. The number of hydrazine groups is 2. The molecule has 0 bridgehead atoms. The lowest BCUT2D eigenvalue weighted by atomic mass is 10.4. The Morgan fingerprint density at radius 1 is 0.556 bits per heavy atom. The van der Waals surface area contributed by atoms with Gasteiger partial charge in [-0.3, -0.25) is 30.7 Å². The third-order valence-electron chi connectivity index (χ3n) is 4.00. The van der Waals surface area contributed by atoms with Crippen LogP contribution in [0, 0.1) is 20.8 Å². The number of hydrogen-bond acceptors (Lipinski definition) is 14. The molecule has 2 aromatic rings. The number of alkyl halides is 2. The van der Waals surface area contributed by atoms with Crippen LogP contribution in [0.5, 0.6) is 0 Å². The molecule has 2 aromatic heterocycles. The van der Waals surface area contributed by atoms with Crippen molar-refractivity contribution < 1.29 is 42.4 Å². The number of ketones is 4. The zero-order valence-corrected chi connectivity index (χ0v) is 35.3. The van der Waals surface area contributed by atoms with Gasteiger partial charge >= 0.3 is 0 Å². The maximum Gasteiger partial charge on any atom is 0.253 e. The molecule has 17 nitrogen and oxygen atoms in total. The second-order valence-corrected chi connectivity index (χ2v) is 9.51. The first-order valence-corrected chi connectivity index (χ1v) is 15.9. The van der Waals surface area contributed by atoms with Crippen molar-refractivity contribution >= 4 is 88.0 Å². The molecule has 20 heteroatoms. The Kier molecular flexibility index (Phi) is 86.7. The van der Waals surface area contributed by atoms with E-state index in [0.717, 1.165) is 0 Å². The van der Waals surface area contributed by atoms with E-state index in [4.69, 9.17) is 32.0 Å². The first-order valence-electron chi connectivity index (χ1n) is 14.8. The number of carbonyl (C=O) groups excluding carboxylic acids is 7. The molecule has 0 spiro atoms. The lowest BCUT2D eigenvalue weighted by molar-refractivity contribution is -0.126. The molecular weight excluding hydrogens is 862 g/mol. The molecule has 0 aliphatic carbocycles. The van der Waals surface area contributed by atoms with E-state index in [9.17, 15) is 33.6 Å². The van der Waals surface area contributed by atoms with Crippen LogP contribution in [0.4, 0.5) is 0 Å². The van der Waals surface area contributed by atoms with Crippen LogP contribution in [0.3, 0.4) is 0 Å². The van der Waals surface area contributed by atoms with Crippen molar-refractivity contribution in [3.63, 3.8) is 0 Å².